The van der Waals surface area contributed by atoms with Gasteiger partial charge in [-0.25, -0.2) is 9.97 Å². The minimum atomic E-state index is 0.712. The fourth-order valence-corrected chi connectivity index (χ4v) is 2.02. The first-order valence-electron chi connectivity index (χ1n) is 6.53. The summed E-state index contributed by atoms with van der Waals surface area (Å²) in [7, 11) is 0. The Morgan fingerprint density at radius 3 is 2.63 bits per heavy atom. The Bertz CT molecular complexity index is 511. The SMILES string of the molecule is CCCNCc1cnc(Cc2cccc(Cl)c2)nc1. The van der Waals surface area contributed by atoms with Crippen molar-refractivity contribution in [2.45, 2.75) is 26.3 Å². The van der Waals surface area contributed by atoms with E-state index in [4.69, 9.17) is 11.6 Å². The van der Waals surface area contributed by atoms with Crippen molar-refractivity contribution in [3.8, 4) is 0 Å². The molecule has 0 atom stereocenters. The molecule has 100 valence electrons. The maximum Gasteiger partial charge on any atom is 0.132 e. The van der Waals surface area contributed by atoms with E-state index in [1.165, 1.54) is 0 Å². The van der Waals surface area contributed by atoms with Crippen molar-refractivity contribution in [1.29, 1.82) is 0 Å². The molecule has 1 N–H and O–H groups in total. The van der Waals surface area contributed by atoms with Crippen LogP contribution < -0.4 is 5.32 Å². The van der Waals surface area contributed by atoms with Crippen molar-refractivity contribution in [3.05, 3.63) is 58.6 Å². The van der Waals surface area contributed by atoms with Crippen LogP contribution in [0, 0.1) is 0 Å². The molecule has 0 bridgehead atoms. The lowest BCUT2D eigenvalue weighted by molar-refractivity contribution is 0.670. The van der Waals surface area contributed by atoms with E-state index >= 15 is 0 Å². The van der Waals surface area contributed by atoms with Crippen LogP contribution in [0.25, 0.3) is 0 Å². The van der Waals surface area contributed by atoms with E-state index in [9.17, 15) is 0 Å². The first kappa shape index (κ1) is 14.0. The average Bonchev–Trinajstić information content (AvgIpc) is 2.41. The van der Waals surface area contributed by atoms with Gasteiger partial charge in [-0.2, -0.15) is 0 Å². The third kappa shape index (κ3) is 4.62. The fourth-order valence-electron chi connectivity index (χ4n) is 1.80. The Hall–Kier alpha value is -1.45. The maximum absolute atomic E-state index is 5.96. The summed E-state index contributed by atoms with van der Waals surface area (Å²) in [6.45, 7) is 3.99. The maximum atomic E-state index is 5.96. The summed E-state index contributed by atoms with van der Waals surface area (Å²) < 4.78 is 0. The van der Waals surface area contributed by atoms with Crippen LogP contribution in [0.15, 0.2) is 36.7 Å². The van der Waals surface area contributed by atoms with E-state index in [-0.39, 0.29) is 0 Å². The third-order valence-corrected chi connectivity index (χ3v) is 3.00. The highest BCUT2D eigenvalue weighted by atomic mass is 35.5. The summed E-state index contributed by atoms with van der Waals surface area (Å²) in [5.74, 6) is 0.821. The van der Waals surface area contributed by atoms with E-state index in [1.54, 1.807) is 0 Å². The fraction of sp³-hybridized carbons (Fsp3) is 0.333. The number of nitrogens with one attached hydrogen (secondary N) is 1. The first-order valence-corrected chi connectivity index (χ1v) is 6.90. The number of hydrogen-bond acceptors (Lipinski definition) is 3. The number of hydrogen-bond donors (Lipinski definition) is 1. The van der Waals surface area contributed by atoms with Crippen molar-refractivity contribution >= 4 is 11.6 Å². The van der Waals surface area contributed by atoms with E-state index < -0.39 is 0 Å². The van der Waals surface area contributed by atoms with Gasteiger partial charge in [0.15, 0.2) is 0 Å². The molecule has 4 heteroatoms. The predicted octanol–water partition coefficient (Wildman–Crippen LogP) is 3.22. The van der Waals surface area contributed by atoms with Gasteiger partial charge in [0.25, 0.3) is 0 Å². The van der Waals surface area contributed by atoms with Gasteiger partial charge in [-0.05, 0) is 30.7 Å². The molecule has 0 radical (unpaired) electrons. The van der Waals surface area contributed by atoms with E-state index in [1.807, 2.05) is 36.7 Å². The normalized spacial score (nSPS) is 10.6. The van der Waals surface area contributed by atoms with E-state index in [2.05, 4.69) is 22.2 Å². The molecule has 3 nitrogen and oxygen atoms in total. The Morgan fingerprint density at radius 2 is 1.95 bits per heavy atom. The van der Waals surface area contributed by atoms with Gasteiger partial charge in [-0.3, -0.25) is 0 Å². The summed E-state index contributed by atoms with van der Waals surface area (Å²) in [5, 5.41) is 4.08. The lowest BCUT2D eigenvalue weighted by Crippen LogP contribution is -2.14. The van der Waals surface area contributed by atoms with Crippen LogP contribution in [0.1, 0.15) is 30.3 Å². The van der Waals surface area contributed by atoms with Crippen molar-refractivity contribution in [1.82, 2.24) is 15.3 Å². The summed E-state index contributed by atoms with van der Waals surface area (Å²) >= 11 is 5.96. The molecule has 19 heavy (non-hydrogen) atoms. The molecule has 1 heterocycles. The van der Waals surface area contributed by atoms with Gasteiger partial charge in [0, 0.05) is 35.9 Å². The summed E-state index contributed by atoms with van der Waals surface area (Å²) in [5.41, 5.74) is 2.24. The average molecular weight is 276 g/mol. The second kappa shape index (κ2) is 7.22. The standard InChI is InChI=1S/C15H18ClN3/c1-2-6-17-9-13-10-18-15(19-11-13)8-12-4-3-5-14(16)7-12/h3-5,7,10-11,17H,2,6,8-9H2,1H3. The molecule has 0 aliphatic carbocycles. The molecular weight excluding hydrogens is 258 g/mol. The number of aromatic nitrogens is 2. The Kier molecular flexibility index (Phi) is 5.31. The summed E-state index contributed by atoms with van der Waals surface area (Å²) in [4.78, 5) is 8.78. The molecule has 0 spiro atoms. The van der Waals surface area contributed by atoms with Crippen molar-refractivity contribution in [3.63, 3.8) is 0 Å². The van der Waals surface area contributed by atoms with Crippen LogP contribution in [0.5, 0.6) is 0 Å². The highest BCUT2D eigenvalue weighted by Gasteiger charge is 2.01. The lowest BCUT2D eigenvalue weighted by atomic mass is 10.1. The topological polar surface area (TPSA) is 37.8 Å². The van der Waals surface area contributed by atoms with Crippen molar-refractivity contribution < 1.29 is 0 Å². The van der Waals surface area contributed by atoms with Gasteiger partial charge in [0.05, 0.1) is 0 Å². The zero-order valence-electron chi connectivity index (χ0n) is 11.1. The monoisotopic (exact) mass is 275 g/mol. The molecule has 2 rings (SSSR count). The Balaban J connectivity index is 1.95. The summed E-state index contributed by atoms with van der Waals surface area (Å²) in [6.07, 6.45) is 5.61. The molecule has 0 fully saturated rings. The molecule has 0 aliphatic rings. The van der Waals surface area contributed by atoms with Gasteiger partial charge >= 0.3 is 0 Å². The number of halogens is 1. The van der Waals surface area contributed by atoms with Gasteiger partial charge in [-0.15, -0.1) is 0 Å². The molecule has 1 aromatic heterocycles. The molecule has 2 aromatic rings. The molecule has 0 amide bonds. The van der Waals surface area contributed by atoms with Crippen LogP contribution in [-0.2, 0) is 13.0 Å². The zero-order chi connectivity index (χ0) is 13.5. The molecule has 0 saturated carbocycles. The number of benzene rings is 1. The highest BCUT2D eigenvalue weighted by molar-refractivity contribution is 6.30. The largest absolute Gasteiger partial charge is 0.313 e. The number of nitrogens with zero attached hydrogens (tertiary/aromatic N) is 2. The molecule has 0 unspecified atom stereocenters. The Labute approximate surface area is 119 Å². The minimum absolute atomic E-state index is 0.712. The van der Waals surface area contributed by atoms with Crippen molar-refractivity contribution in [2.75, 3.05) is 6.54 Å². The smallest absolute Gasteiger partial charge is 0.132 e. The molecule has 0 saturated heterocycles. The quantitative estimate of drug-likeness (QED) is 0.823. The van der Waals surface area contributed by atoms with Gasteiger partial charge in [0.1, 0.15) is 5.82 Å². The molecule has 0 aliphatic heterocycles. The van der Waals surface area contributed by atoms with Crippen LogP contribution in [0.2, 0.25) is 5.02 Å². The molecule has 1 aromatic carbocycles. The zero-order valence-corrected chi connectivity index (χ0v) is 11.8. The minimum Gasteiger partial charge on any atom is -0.313 e. The third-order valence-electron chi connectivity index (χ3n) is 2.77. The van der Waals surface area contributed by atoms with Gasteiger partial charge < -0.3 is 5.32 Å². The Morgan fingerprint density at radius 1 is 1.16 bits per heavy atom. The van der Waals surface area contributed by atoms with Crippen LogP contribution in [-0.4, -0.2) is 16.5 Å². The summed E-state index contributed by atoms with van der Waals surface area (Å²) in [6, 6.07) is 7.79. The van der Waals surface area contributed by atoms with Crippen LogP contribution in [0.4, 0.5) is 0 Å². The van der Waals surface area contributed by atoms with Crippen LogP contribution in [0.3, 0.4) is 0 Å². The first-order chi connectivity index (χ1) is 9.28. The second-order valence-corrected chi connectivity index (χ2v) is 4.93. The number of rotatable bonds is 6. The van der Waals surface area contributed by atoms with Gasteiger partial charge in [0.2, 0.25) is 0 Å². The van der Waals surface area contributed by atoms with E-state index in [0.29, 0.717) is 6.42 Å². The predicted molar refractivity (Wildman–Crippen MR) is 78.3 cm³/mol. The van der Waals surface area contributed by atoms with Crippen molar-refractivity contribution in [2.24, 2.45) is 0 Å². The highest BCUT2D eigenvalue weighted by Crippen LogP contribution is 2.12. The van der Waals surface area contributed by atoms with Gasteiger partial charge in [-0.1, -0.05) is 30.7 Å². The second-order valence-electron chi connectivity index (χ2n) is 4.49. The van der Waals surface area contributed by atoms with Crippen LogP contribution >= 0.6 is 11.6 Å². The lowest BCUT2D eigenvalue weighted by Gasteiger charge is -2.04. The molecular formula is C15H18ClN3. The van der Waals surface area contributed by atoms with E-state index in [0.717, 1.165) is 41.5 Å².